The molecule has 1 aromatic carbocycles. The maximum atomic E-state index is 11.4. The predicted octanol–water partition coefficient (Wildman–Crippen LogP) is 4.80. The molecule has 6 heteroatoms. The van der Waals surface area contributed by atoms with Crippen LogP contribution in [0, 0.1) is 12.3 Å². The van der Waals surface area contributed by atoms with Gasteiger partial charge in [0.15, 0.2) is 0 Å². The van der Waals surface area contributed by atoms with Crippen molar-refractivity contribution in [3.8, 4) is 11.5 Å². The Labute approximate surface area is 185 Å². The Bertz CT molecular complexity index is 813. The molecule has 1 aliphatic heterocycles. The number of likely N-dealkylation sites (tertiary alicyclic amines) is 1. The van der Waals surface area contributed by atoms with Gasteiger partial charge in [-0.15, -0.1) is 11.3 Å². The summed E-state index contributed by atoms with van der Waals surface area (Å²) in [6.45, 7) is 12.5. The Balaban J connectivity index is 1.58. The molecule has 0 amide bonds. The van der Waals surface area contributed by atoms with Crippen molar-refractivity contribution in [3.63, 3.8) is 0 Å². The highest BCUT2D eigenvalue weighted by Crippen LogP contribution is 2.37. The van der Waals surface area contributed by atoms with E-state index in [-0.39, 0.29) is 5.41 Å². The number of rotatable bonds is 7. The van der Waals surface area contributed by atoms with E-state index in [2.05, 4.69) is 25.7 Å². The molecule has 1 N–H and O–H groups in total. The molecule has 1 aromatic heterocycles. The molecule has 0 aliphatic carbocycles. The summed E-state index contributed by atoms with van der Waals surface area (Å²) in [7, 11) is 1.66. The average molecular weight is 433 g/mol. The van der Waals surface area contributed by atoms with Crippen molar-refractivity contribution >= 4 is 11.3 Å². The highest BCUT2D eigenvalue weighted by molar-refractivity contribution is 7.11. The van der Waals surface area contributed by atoms with E-state index in [1.807, 2.05) is 31.2 Å². The molecule has 1 fully saturated rings. The van der Waals surface area contributed by atoms with Gasteiger partial charge in [-0.3, -0.25) is 0 Å². The molecule has 5 nitrogen and oxygen atoms in total. The number of nitrogens with zero attached hydrogens (tertiary/aromatic N) is 2. The number of aliphatic hydroxyl groups is 1. The first-order valence-electron chi connectivity index (χ1n) is 10.9. The predicted molar refractivity (Wildman–Crippen MR) is 123 cm³/mol. The molecule has 0 unspecified atom stereocenters. The number of hydrogen-bond acceptors (Lipinski definition) is 6. The average Bonchev–Trinajstić information content (AvgIpc) is 2.96. The summed E-state index contributed by atoms with van der Waals surface area (Å²) in [5, 5.41) is 12.3. The maximum absolute atomic E-state index is 11.4. The van der Waals surface area contributed by atoms with E-state index >= 15 is 0 Å². The molecule has 166 valence electrons. The van der Waals surface area contributed by atoms with Gasteiger partial charge < -0.3 is 19.5 Å². The first kappa shape index (κ1) is 23.0. The third kappa shape index (κ3) is 6.19. The minimum Gasteiger partial charge on any atom is -0.497 e. The Kier molecular flexibility index (Phi) is 7.43. The van der Waals surface area contributed by atoms with Gasteiger partial charge in [0.2, 0.25) is 0 Å². The normalized spacial score (nSPS) is 20.7. The number of methoxy groups -OCH3 is 1. The molecule has 3 rings (SSSR count). The number of aromatic nitrogens is 1. The van der Waals surface area contributed by atoms with E-state index in [1.54, 1.807) is 18.4 Å². The van der Waals surface area contributed by atoms with Crippen LogP contribution in [0.1, 0.15) is 55.6 Å². The van der Waals surface area contributed by atoms with Gasteiger partial charge in [0.05, 0.1) is 19.4 Å². The zero-order valence-electron chi connectivity index (χ0n) is 19.0. The fraction of sp³-hybridized carbons (Fsp3) is 0.625. The highest BCUT2D eigenvalue weighted by atomic mass is 32.1. The van der Waals surface area contributed by atoms with Gasteiger partial charge in [-0.1, -0.05) is 20.8 Å². The Morgan fingerprint density at radius 2 is 1.83 bits per heavy atom. The summed E-state index contributed by atoms with van der Waals surface area (Å²) in [6.07, 6.45) is 3.32. The molecule has 1 aliphatic rings. The van der Waals surface area contributed by atoms with Crippen LogP contribution in [0.2, 0.25) is 0 Å². The lowest BCUT2D eigenvalue weighted by molar-refractivity contribution is 0.0200. The summed E-state index contributed by atoms with van der Waals surface area (Å²) < 4.78 is 11.1. The van der Waals surface area contributed by atoms with E-state index in [4.69, 9.17) is 14.5 Å². The summed E-state index contributed by atoms with van der Waals surface area (Å²) in [6, 6.07) is 7.63. The third-order valence-corrected chi connectivity index (χ3v) is 6.96. The molecular weight excluding hydrogens is 396 g/mol. The van der Waals surface area contributed by atoms with Gasteiger partial charge in [0.25, 0.3) is 0 Å². The summed E-state index contributed by atoms with van der Waals surface area (Å²) in [5.74, 6) is 1.66. The number of hydrogen-bond donors (Lipinski definition) is 1. The molecular formula is C24H36N2O3S. The van der Waals surface area contributed by atoms with Crippen molar-refractivity contribution < 1.29 is 14.6 Å². The monoisotopic (exact) mass is 432 g/mol. The summed E-state index contributed by atoms with van der Waals surface area (Å²) in [4.78, 5) is 8.46. The SMILES string of the molecule is COc1ccc(OCCc2sc([C@@]3(O)CCCN(CC(C)(C)C)CC3)nc2C)cc1. The van der Waals surface area contributed by atoms with Gasteiger partial charge in [0, 0.05) is 24.4 Å². The molecule has 2 aromatic rings. The van der Waals surface area contributed by atoms with Crippen LogP contribution >= 0.6 is 11.3 Å². The van der Waals surface area contributed by atoms with E-state index in [9.17, 15) is 5.11 Å². The second-order valence-electron chi connectivity index (χ2n) is 9.52. The minimum atomic E-state index is -0.808. The van der Waals surface area contributed by atoms with Crippen LogP contribution in [-0.4, -0.2) is 48.3 Å². The van der Waals surface area contributed by atoms with Crippen molar-refractivity contribution in [1.29, 1.82) is 0 Å². The molecule has 0 saturated carbocycles. The van der Waals surface area contributed by atoms with Crippen molar-refractivity contribution in [2.75, 3.05) is 33.4 Å². The zero-order chi connectivity index (χ0) is 21.8. The van der Waals surface area contributed by atoms with E-state index in [0.717, 1.165) is 67.5 Å². The van der Waals surface area contributed by atoms with Gasteiger partial charge in [-0.25, -0.2) is 4.98 Å². The van der Waals surface area contributed by atoms with Crippen molar-refractivity contribution in [1.82, 2.24) is 9.88 Å². The largest absolute Gasteiger partial charge is 0.497 e. The van der Waals surface area contributed by atoms with Crippen LogP contribution in [0.5, 0.6) is 11.5 Å². The molecule has 2 heterocycles. The molecule has 0 radical (unpaired) electrons. The van der Waals surface area contributed by atoms with Crippen molar-refractivity contribution in [2.24, 2.45) is 5.41 Å². The maximum Gasteiger partial charge on any atom is 0.125 e. The summed E-state index contributed by atoms with van der Waals surface area (Å²) >= 11 is 1.65. The first-order chi connectivity index (χ1) is 14.2. The molecule has 0 bridgehead atoms. The minimum absolute atomic E-state index is 0.275. The molecule has 30 heavy (non-hydrogen) atoms. The van der Waals surface area contributed by atoms with Crippen LogP contribution < -0.4 is 9.47 Å². The third-order valence-electron chi connectivity index (χ3n) is 5.55. The van der Waals surface area contributed by atoms with Crippen LogP contribution in [-0.2, 0) is 12.0 Å². The molecule has 1 atom stereocenters. The zero-order valence-corrected chi connectivity index (χ0v) is 19.8. The topological polar surface area (TPSA) is 54.8 Å². The van der Waals surface area contributed by atoms with Crippen molar-refractivity contribution in [3.05, 3.63) is 39.8 Å². The number of aryl methyl sites for hydroxylation is 1. The molecule has 0 spiro atoms. The van der Waals surface area contributed by atoms with Crippen LogP contribution in [0.25, 0.3) is 0 Å². The Morgan fingerprint density at radius 1 is 1.13 bits per heavy atom. The number of ether oxygens (including phenoxy) is 2. The lowest BCUT2D eigenvalue weighted by Crippen LogP contribution is -2.34. The fourth-order valence-electron chi connectivity index (χ4n) is 4.01. The van der Waals surface area contributed by atoms with Crippen LogP contribution in [0.3, 0.4) is 0 Å². The smallest absolute Gasteiger partial charge is 0.125 e. The van der Waals surface area contributed by atoms with Crippen LogP contribution in [0.4, 0.5) is 0 Å². The van der Waals surface area contributed by atoms with E-state index in [0.29, 0.717) is 6.61 Å². The second-order valence-corrected chi connectivity index (χ2v) is 10.6. The standard InChI is InChI=1S/C24H36N2O3S/c1-18-21(11-16-29-20-9-7-19(28-5)8-10-20)30-22(25-18)24(27)12-6-14-26(15-13-24)17-23(2,3)4/h7-10,27H,6,11-17H2,1-5H3/t24-/m1/s1. The van der Waals surface area contributed by atoms with E-state index < -0.39 is 5.60 Å². The first-order valence-corrected chi connectivity index (χ1v) is 11.7. The lowest BCUT2D eigenvalue weighted by atomic mass is 9.95. The molecule has 1 saturated heterocycles. The Morgan fingerprint density at radius 3 is 2.50 bits per heavy atom. The van der Waals surface area contributed by atoms with Crippen molar-refractivity contribution in [2.45, 2.75) is 59.0 Å². The van der Waals surface area contributed by atoms with Gasteiger partial charge >= 0.3 is 0 Å². The lowest BCUT2D eigenvalue weighted by Gasteiger charge is -2.29. The van der Waals surface area contributed by atoms with Crippen LogP contribution in [0.15, 0.2) is 24.3 Å². The summed E-state index contributed by atoms with van der Waals surface area (Å²) in [5.41, 5.74) is 0.478. The second kappa shape index (κ2) is 9.67. The van der Waals surface area contributed by atoms with Gasteiger partial charge in [0.1, 0.15) is 22.1 Å². The quantitative estimate of drug-likeness (QED) is 0.681. The number of benzene rings is 1. The van der Waals surface area contributed by atoms with E-state index in [1.165, 1.54) is 4.88 Å². The fourth-order valence-corrected chi connectivity index (χ4v) is 5.20. The van der Waals surface area contributed by atoms with Gasteiger partial charge in [-0.05, 0) is 62.4 Å². The van der Waals surface area contributed by atoms with Gasteiger partial charge in [-0.2, -0.15) is 0 Å². The number of thiazole rings is 1. The highest BCUT2D eigenvalue weighted by Gasteiger charge is 2.36. The Hall–Kier alpha value is -1.63.